The Kier molecular flexibility index (Phi) is 8.14. The first-order valence-electron chi connectivity index (χ1n) is 15.0. The average molecular weight is 561 g/mol. The zero-order valence-corrected chi connectivity index (χ0v) is 23.9. The highest BCUT2D eigenvalue weighted by molar-refractivity contribution is 6.43. The second-order valence-electron chi connectivity index (χ2n) is 11.6. The van der Waals surface area contributed by atoms with E-state index < -0.39 is 19.0 Å². The number of aromatic hydroxyl groups is 1. The van der Waals surface area contributed by atoms with Crippen LogP contribution < -0.4 is 4.90 Å². The van der Waals surface area contributed by atoms with E-state index in [1.54, 1.807) is 12.1 Å². The van der Waals surface area contributed by atoms with E-state index in [2.05, 4.69) is 25.1 Å². The van der Waals surface area contributed by atoms with Gasteiger partial charge in [0.05, 0.1) is 23.6 Å². The van der Waals surface area contributed by atoms with E-state index in [9.17, 15) is 19.7 Å². The molecule has 2 fully saturated rings. The van der Waals surface area contributed by atoms with Crippen LogP contribution in [-0.4, -0.2) is 35.2 Å². The number of hydrogen-bond donors (Lipinski definition) is 2. The number of amides is 2. The zero-order chi connectivity index (χ0) is 29.2. The van der Waals surface area contributed by atoms with E-state index in [0.717, 1.165) is 35.1 Å². The Morgan fingerprint density at radius 1 is 0.952 bits per heavy atom. The number of carbonyl (C=O) groups is 2. The molecule has 7 heteroatoms. The maximum atomic E-state index is 13.9. The van der Waals surface area contributed by atoms with E-state index >= 15 is 0 Å². The highest BCUT2D eigenvalue weighted by Crippen LogP contribution is 2.52. The van der Waals surface area contributed by atoms with Gasteiger partial charge in [-0.1, -0.05) is 85.7 Å². The van der Waals surface area contributed by atoms with Gasteiger partial charge in [0.1, 0.15) is 5.75 Å². The van der Waals surface area contributed by atoms with Crippen LogP contribution in [-0.2, 0) is 14.2 Å². The van der Waals surface area contributed by atoms with Crippen LogP contribution in [0.2, 0.25) is 6.32 Å². The number of hydrogen-bond acceptors (Lipinski definition) is 5. The Balaban J connectivity index is 1.32. The minimum absolute atomic E-state index is 0.135. The molecule has 0 aromatic heterocycles. The summed E-state index contributed by atoms with van der Waals surface area (Å²) in [4.78, 5) is 28.9. The molecule has 2 N–H and O–H groups in total. The van der Waals surface area contributed by atoms with Crippen molar-refractivity contribution in [1.29, 1.82) is 0 Å². The van der Waals surface area contributed by atoms with Crippen molar-refractivity contribution >= 4 is 36.3 Å². The SMILES string of the molecule is CCCC1=C2[C@@H](CC/C(=C/c3ccc(O)cc3)c3ccccc3)OB(O)C[C@@H]2[C@@H]2C(=O)N(c3ccccc3)C(=O)[C@@H]2C1. The molecule has 2 heterocycles. The van der Waals surface area contributed by atoms with Gasteiger partial charge in [-0.25, -0.2) is 0 Å². The first-order valence-corrected chi connectivity index (χ1v) is 15.0. The third kappa shape index (κ3) is 5.47. The van der Waals surface area contributed by atoms with Gasteiger partial charge in [0.15, 0.2) is 0 Å². The Labute approximate surface area is 247 Å². The predicted molar refractivity (Wildman–Crippen MR) is 165 cm³/mol. The number of carbonyl (C=O) groups excluding carboxylic acids is 2. The standard InChI is InChI=1S/C35H36BNO5/c1-2-9-26-21-29-33(35(40)37(34(29)39)27-12-7-4-8-13-27)30-22-36(41)42-31(32(26)30)19-16-25(24-10-5-3-6-11-24)20-23-14-17-28(38)18-15-23/h3-8,10-15,17-18,20,29-31,33,38,41H,2,9,16,19,21-22H2,1H3/b25-20-/t29-,30+,31-,33-/m1/s1. The summed E-state index contributed by atoms with van der Waals surface area (Å²) in [5.74, 6) is -1.21. The summed E-state index contributed by atoms with van der Waals surface area (Å²) in [6.07, 6.45) is 5.75. The number of fused-ring (bicyclic) bond motifs is 3. The molecule has 3 aliphatic rings. The van der Waals surface area contributed by atoms with Crippen molar-refractivity contribution in [3.05, 3.63) is 107 Å². The fraction of sp³-hybridized carbons (Fsp3) is 0.314. The van der Waals surface area contributed by atoms with Crippen LogP contribution >= 0.6 is 0 Å². The molecule has 6 nitrogen and oxygen atoms in total. The quantitative estimate of drug-likeness (QED) is 0.142. The van der Waals surface area contributed by atoms with Crippen molar-refractivity contribution in [1.82, 2.24) is 0 Å². The highest BCUT2D eigenvalue weighted by atomic mass is 16.5. The smallest absolute Gasteiger partial charge is 0.455 e. The second-order valence-corrected chi connectivity index (χ2v) is 11.6. The summed E-state index contributed by atoms with van der Waals surface area (Å²) in [5, 5.41) is 20.7. The molecule has 3 aromatic rings. The minimum Gasteiger partial charge on any atom is -0.508 e. The summed E-state index contributed by atoms with van der Waals surface area (Å²) in [5.41, 5.74) is 6.14. The lowest BCUT2D eigenvalue weighted by Gasteiger charge is -2.43. The topological polar surface area (TPSA) is 87.1 Å². The van der Waals surface area contributed by atoms with Gasteiger partial charge in [0, 0.05) is 0 Å². The average Bonchev–Trinajstić information content (AvgIpc) is 3.26. The van der Waals surface area contributed by atoms with Crippen LogP contribution in [0.25, 0.3) is 11.6 Å². The number of phenols is 1. The number of rotatable bonds is 8. The third-order valence-electron chi connectivity index (χ3n) is 8.93. The van der Waals surface area contributed by atoms with Gasteiger partial charge < -0.3 is 14.8 Å². The number of anilines is 1. The monoisotopic (exact) mass is 561 g/mol. The van der Waals surface area contributed by atoms with Gasteiger partial charge in [0.25, 0.3) is 0 Å². The van der Waals surface area contributed by atoms with E-state index in [-0.39, 0.29) is 29.6 Å². The minimum atomic E-state index is -1.000. The Bertz CT molecular complexity index is 1500. The van der Waals surface area contributed by atoms with Crippen molar-refractivity contribution in [2.24, 2.45) is 17.8 Å². The number of nitrogens with zero attached hydrogens (tertiary/aromatic N) is 1. The van der Waals surface area contributed by atoms with E-state index in [1.165, 1.54) is 10.5 Å². The first-order chi connectivity index (χ1) is 20.4. The molecule has 2 saturated heterocycles. The maximum Gasteiger partial charge on any atom is 0.455 e. The molecule has 0 saturated carbocycles. The zero-order valence-electron chi connectivity index (χ0n) is 23.9. The number of allylic oxidation sites excluding steroid dienone is 2. The molecule has 0 spiro atoms. The van der Waals surface area contributed by atoms with E-state index in [0.29, 0.717) is 31.3 Å². The van der Waals surface area contributed by atoms with Crippen LogP contribution in [0.5, 0.6) is 5.75 Å². The summed E-state index contributed by atoms with van der Waals surface area (Å²) in [6.45, 7) is 2.13. The fourth-order valence-corrected chi connectivity index (χ4v) is 7.14. The molecule has 214 valence electrons. The van der Waals surface area contributed by atoms with Gasteiger partial charge in [-0.05, 0) is 84.5 Å². The number of imide groups is 1. The lowest BCUT2D eigenvalue weighted by atomic mass is 9.58. The molecule has 0 bridgehead atoms. The van der Waals surface area contributed by atoms with Crippen LogP contribution in [0.3, 0.4) is 0 Å². The predicted octanol–water partition coefficient (Wildman–Crippen LogP) is 6.51. The molecule has 42 heavy (non-hydrogen) atoms. The van der Waals surface area contributed by atoms with Crippen molar-refractivity contribution in [2.75, 3.05) is 4.90 Å². The van der Waals surface area contributed by atoms with Crippen LogP contribution in [0.4, 0.5) is 5.69 Å². The molecular weight excluding hydrogens is 525 g/mol. The van der Waals surface area contributed by atoms with Crippen molar-refractivity contribution in [2.45, 2.75) is 51.5 Å². The van der Waals surface area contributed by atoms with Crippen LogP contribution in [0.1, 0.15) is 50.2 Å². The maximum absolute atomic E-state index is 13.9. The second kappa shape index (κ2) is 12.1. The van der Waals surface area contributed by atoms with Gasteiger partial charge in [-0.15, -0.1) is 0 Å². The normalized spacial score (nSPS) is 24.2. The van der Waals surface area contributed by atoms with Crippen molar-refractivity contribution < 1.29 is 24.4 Å². The number of benzene rings is 3. The molecule has 0 radical (unpaired) electrons. The Morgan fingerprint density at radius 3 is 2.33 bits per heavy atom. The van der Waals surface area contributed by atoms with E-state index in [1.807, 2.05) is 60.7 Å². The molecule has 2 amide bonds. The van der Waals surface area contributed by atoms with Gasteiger partial charge >= 0.3 is 7.12 Å². The van der Waals surface area contributed by atoms with Gasteiger partial charge in [0.2, 0.25) is 11.8 Å². The largest absolute Gasteiger partial charge is 0.508 e. The molecule has 4 atom stereocenters. The van der Waals surface area contributed by atoms with Crippen molar-refractivity contribution in [3.8, 4) is 5.75 Å². The van der Waals surface area contributed by atoms with Crippen molar-refractivity contribution in [3.63, 3.8) is 0 Å². The molecule has 6 rings (SSSR count). The molecule has 3 aromatic carbocycles. The molecule has 2 aliphatic heterocycles. The summed E-state index contributed by atoms with van der Waals surface area (Å²) in [7, 11) is -1.000. The third-order valence-corrected chi connectivity index (χ3v) is 8.93. The molecular formula is C35H36BNO5. The summed E-state index contributed by atoms with van der Waals surface area (Å²) < 4.78 is 6.23. The first kappa shape index (κ1) is 28.2. The van der Waals surface area contributed by atoms with Crippen LogP contribution in [0.15, 0.2) is 96.1 Å². The Morgan fingerprint density at radius 2 is 1.64 bits per heavy atom. The van der Waals surface area contributed by atoms with Crippen LogP contribution in [0, 0.1) is 17.8 Å². The van der Waals surface area contributed by atoms with Gasteiger partial charge in [-0.3, -0.25) is 14.5 Å². The fourth-order valence-electron chi connectivity index (χ4n) is 7.14. The summed E-state index contributed by atoms with van der Waals surface area (Å²) in [6, 6.07) is 26.5. The number of para-hydroxylation sites is 1. The van der Waals surface area contributed by atoms with Gasteiger partial charge in [-0.2, -0.15) is 0 Å². The molecule has 0 unspecified atom stereocenters. The summed E-state index contributed by atoms with van der Waals surface area (Å²) >= 11 is 0. The lowest BCUT2D eigenvalue weighted by Crippen LogP contribution is -2.46. The van der Waals surface area contributed by atoms with E-state index in [4.69, 9.17) is 4.65 Å². The highest BCUT2D eigenvalue weighted by Gasteiger charge is 2.57. The Hall–Kier alpha value is -3.94. The number of phenolic OH excluding ortho intramolecular Hbond substituents is 1. The lowest BCUT2D eigenvalue weighted by molar-refractivity contribution is -0.122. The molecule has 1 aliphatic carbocycles.